The van der Waals surface area contributed by atoms with Crippen LogP contribution in [0.3, 0.4) is 0 Å². The number of Topliss-reactive ketones (excluding diaryl/α,β-unsaturated/α-hetero) is 2. The molecule has 0 saturated carbocycles. The summed E-state index contributed by atoms with van der Waals surface area (Å²) in [6.45, 7) is 11.7. The topological polar surface area (TPSA) is 103 Å². The van der Waals surface area contributed by atoms with Crippen LogP contribution in [0.15, 0.2) is 115 Å². The third-order valence-corrected chi connectivity index (χ3v) is 12.0. The summed E-state index contributed by atoms with van der Waals surface area (Å²) in [7, 11) is 0. The van der Waals surface area contributed by atoms with Crippen LogP contribution in [0.4, 0.5) is 38.5 Å². The van der Waals surface area contributed by atoms with Gasteiger partial charge < -0.3 is 29.1 Å². The number of amides is 2. The molecule has 5 aromatic rings. The van der Waals surface area contributed by atoms with Gasteiger partial charge in [-0.1, -0.05) is 66.7 Å². The molecule has 3 fully saturated rings. The van der Waals surface area contributed by atoms with Crippen molar-refractivity contribution in [3.63, 3.8) is 0 Å². The highest BCUT2D eigenvalue weighted by Gasteiger charge is 2.27. The van der Waals surface area contributed by atoms with Gasteiger partial charge in [-0.05, 0) is 112 Å². The van der Waals surface area contributed by atoms with Crippen molar-refractivity contribution in [3.8, 4) is 0 Å². The van der Waals surface area contributed by atoms with Crippen LogP contribution < -0.4 is 9.80 Å². The van der Waals surface area contributed by atoms with Crippen LogP contribution in [0.5, 0.6) is 0 Å². The number of nitrogens with zero attached hydrogens (tertiary/aromatic N) is 5. The Kier molecular flexibility index (Phi) is 17.9. The minimum Gasteiger partial charge on any atom is -0.445 e. The molecule has 15 heteroatoms. The lowest BCUT2D eigenvalue weighted by atomic mass is 10.1. The largest absolute Gasteiger partial charge is 0.445 e. The molecule has 67 heavy (non-hydrogen) atoms. The summed E-state index contributed by atoms with van der Waals surface area (Å²) in [6, 6.07) is 32.6. The number of likely N-dealkylation sites (tertiary alicyclic amines) is 1. The fourth-order valence-electron chi connectivity index (χ4n) is 7.96. The number of halogens is 4. The van der Waals surface area contributed by atoms with Crippen LogP contribution in [0.25, 0.3) is 0 Å². The molecule has 0 aliphatic carbocycles. The van der Waals surface area contributed by atoms with E-state index >= 15 is 0 Å². The van der Waals surface area contributed by atoms with Crippen molar-refractivity contribution < 1.29 is 46.2 Å². The fraction of sp³-hybridized carbons (Fsp3) is 0.346. The van der Waals surface area contributed by atoms with Gasteiger partial charge in [0.2, 0.25) is 0 Å². The molecule has 0 aromatic heterocycles. The second-order valence-electron chi connectivity index (χ2n) is 16.6. The molecule has 8 rings (SSSR count). The second-order valence-corrected chi connectivity index (χ2v) is 16.6. The molecule has 11 nitrogen and oxygen atoms in total. The van der Waals surface area contributed by atoms with E-state index in [4.69, 9.17) is 9.47 Å². The van der Waals surface area contributed by atoms with E-state index in [0.717, 1.165) is 41.9 Å². The van der Waals surface area contributed by atoms with Crippen molar-refractivity contribution in [1.29, 1.82) is 0 Å². The van der Waals surface area contributed by atoms with E-state index in [0.29, 0.717) is 69.3 Å². The molecular weight excluding hydrogens is 867 g/mol. The molecular formula is C52H57F4N5O6. The first-order chi connectivity index (χ1) is 32.3. The van der Waals surface area contributed by atoms with Gasteiger partial charge in [0.25, 0.3) is 0 Å². The van der Waals surface area contributed by atoms with Gasteiger partial charge in [0.15, 0.2) is 23.2 Å². The third kappa shape index (κ3) is 14.1. The molecule has 0 bridgehead atoms. The van der Waals surface area contributed by atoms with Crippen molar-refractivity contribution in [2.24, 2.45) is 0 Å². The Hall–Kier alpha value is -6.74. The predicted octanol–water partition coefficient (Wildman–Crippen LogP) is 10.1. The van der Waals surface area contributed by atoms with Gasteiger partial charge in [-0.2, -0.15) is 0 Å². The molecule has 1 atom stereocenters. The smallest absolute Gasteiger partial charge is 0.410 e. The SMILES string of the molecule is CC(=O)c1ccc(F)c(F)c1.CC(=O)c1ccc(N2CCN(C(=O)OCc3ccccc3)CC2)c(F)c1.CC(c1ccc(N2CCN(C(=O)OCc3ccccc3)CC2)c(F)c1)N1CCCC1. The van der Waals surface area contributed by atoms with Crippen LogP contribution >= 0.6 is 0 Å². The van der Waals surface area contributed by atoms with E-state index in [-0.39, 0.29) is 54.4 Å². The number of hydrogen-bond donors (Lipinski definition) is 0. The molecule has 2 amide bonds. The van der Waals surface area contributed by atoms with Gasteiger partial charge in [-0.15, -0.1) is 0 Å². The monoisotopic (exact) mass is 923 g/mol. The zero-order valence-electron chi connectivity index (χ0n) is 38.1. The van der Waals surface area contributed by atoms with Crippen molar-refractivity contribution in [3.05, 3.63) is 166 Å². The van der Waals surface area contributed by atoms with E-state index < -0.39 is 17.5 Å². The van der Waals surface area contributed by atoms with Gasteiger partial charge in [0.05, 0.1) is 11.4 Å². The maximum atomic E-state index is 14.9. The molecule has 0 N–H and O–H groups in total. The van der Waals surface area contributed by atoms with E-state index in [1.54, 1.807) is 28.0 Å². The van der Waals surface area contributed by atoms with Crippen molar-refractivity contribution >= 4 is 35.1 Å². The average molecular weight is 924 g/mol. The molecule has 0 spiro atoms. The van der Waals surface area contributed by atoms with E-state index in [1.165, 1.54) is 38.8 Å². The summed E-state index contributed by atoms with van der Waals surface area (Å²) in [4.78, 5) is 56.1. The fourth-order valence-corrected chi connectivity index (χ4v) is 7.96. The normalized spacial score (nSPS) is 15.4. The number of piperazine rings is 2. The van der Waals surface area contributed by atoms with Crippen molar-refractivity contribution in [2.75, 3.05) is 75.2 Å². The number of benzene rings is 5. The molecule has 3 aliphatic heterocycles. The molecule has 0 radical (unpaired) electrons. The zero-order valence-corrected chi connectivity index (χ0v) is 38.1. The van der Waals surface area contributed by atoms with Crippen LogP contribution in [-0.4, -0.2) is 104 Å². The lowest BCUT2D eigenvalue weighted by molar-refractivity contribution is 0.0935. The van der Waals surface area contributed by atoms with E-state index in [2.05, 4.69) is 11.8 Å². The first-order valence-corrected chi connectivity index (χ1v) is 22.5. The molecule has 3 heterocycles. The summed E-state index contributed by atoms with van der Waals surface area (Å²) in [5, 5.41) is 0. The Morgan fingerprint density at radius 3 is 1.33 bits per heavy atom. The molecule has 5 aromatic carbocycles. The Morgan fingerprint density at radius 1 is 0.493 bits per heavy atom. The van der Waals surface area contributed by atoms with Crippen molar-refractivity contribution in [2.45, 2.75) is 52.9 Å². The first kappa shape index (κ1) is 49.7. The maximum Gasteiger partial charge on any atom is 0.410 e. The van der Waals surface area contributed by atoms with Gasteiger partial charge >= 0.3 is 12.2 Å². The van der Waals surface area contributed by atoms with E-state index in [1.807, 2.05) is 82.6 Å². The lowest BCUT2D eigenvalue weighted by Gasteiger charge is -2.36. The van der Waals surface area contributed by atoms with Crippen molar-refractivity contribution in [1.82, 2.24) is 14.7 Å². The van der Waals surface area contributed by atoms with Gasteiger partial charge in [-0.25, -0.2) is 27.2 Å². The highest BCUT2D eigenvalue weighted by Crippen LogP contribution is 2.29. The number of hydrogen-bond acceptors (Lipinski definition) is 9. The minimum absolute atomic E-state index is 0.165. The highest BCUT2D eigenvalue weighted by molar-refractivity contribution is 5.94. The second kappa shape index (κ2) is 24.2. The zero-order chi connectivity index (χ0) is 47.9. The van der Waals surface area contributed by atoms with Crippen LogP contribution in [0.2, 0.25) is 0 Å². The Labute approximate surface area is 389 Å². The molecule has 354 valence electrons. The molecule has 1 unspecified atom stereocenters. The standard InChI is InChI=1S/C24H30FN3O2.C20H21FN2O3.C8H6F2O/c1-19(26-11-5-6-12-26)21-9-10-23(22(25)17-21)27-13-15-28(16-14-27)24(29)30-18-20-7-3-2-4-8-20;1-15(24)17-7-8-19(18(21)13-17)22-9-11-23(12-10-22)20(25)26-14-16-5-3-2-4-6-16;1-5(11)6-2-3-7(9)8(10)4-6/h2-4,7-10,17,19H,5-6,11-16,18H2,1H3;2-8,13H,9-12,14H2,1H3;2-4H,1H3. The Balaban J connectivity index is 0.000000182. The quantitative estimate of drug-likeness (QED) is 0.100. The number of rotatable bonds is 10. The lowest BCUT2D eigenvalue weighted by Crippen LogP contribution is -2.49. The number of carbonyl (C=O) groups is 4. The number of anilines is 2. The van der Waals surface area contributed by atoms with Crippen LogP contribution in [0.1, 0.15) is 77.1 Å². The summed E-state index contributed by atoms with van der Waals surface area (Å²) in [5.41, 5.74) is 4.54. The highest BCUT2D eigenvalue weighted by atomic mass is 19.2. The molecule has 3 aliphatic rings. The van der Waals surface area contributed by atoms with Crippen LogP contribution in [-0.2, 0) is 22.7 Å². The predicted molar refractivity (Wildman–Crippen MR) is 249 cm³/mol. The maximum absolute atomic E-state index is 14.9. The first-order valence-electron chi connectivity index (χ1n) is 22.5. The minimum atomic E-state index is -0.988. The number of ketones is 2. The third-order valence-electron chi connectivity index (χ3n) is 12.0. The number of carbonyl (C=O) groups excluding carboxylic acids is 4. The van der Waals surface area contributed by atoms with Gasteiger partial charge in [0.1, 0.15) is 24.8 Å². The average Bonchev–Trinajstić information content (AvgIpc) is 3.90. The Bertz CT molecular complexity index is 2440. The molecule has 3 saturated heterocycles. The summed E-state index contributed by atoms with van der Waals surface area (Å²) in [6.07, 6.45) is 1.78. The van der Waals surface area contributed by atoms with E-state index in [9.17, 15) is 36.7 Å². The van der Waals surface area contributed by atoms with Gasteiger partial charge in [0, 0.05) is 69.5 Å². The number of ether oxygens (including phenoxy) is 2. The summed E-state index contributed by atoms with van der Waals surface area (Å²) >= 11 is 0. The Morgan fingerprint density at radius 2 is 0.910 bits per heavy atom. The summed E-state index contributed by atoms with van der Waals surface area (Å²) < 4.78 is 64.6. The van der Waals surface area contributed by atoms with Crippen LogP contribution in [0, 0.1) is 23.3 Å². The summed E-state index contributed by atoms with van der Waals surface area (Å²) in [5.74, 6) is -2.96. The van der Waals surface area contributed by atoms with Gasteiger partial charge in [-0.3, -0.25) is 14.5 Å².